The fraction of sp³-hybridized carbons (Fsp3) is 0.567. The van der Waals surface area contributed by atoms with Crippen molar-refractivity contribution in [2.45, 2.75) is 47.5 Å². The molecule has 0 bridgehead atoms. The molecule has 4 atom stereocenters. The van der Waals surface area contributed by atoms with Gasteiger partial charge >= 0.3 is 5.97 Å². The molecule has 4 N–H and O–H groups in total. The smallest absolute Gasteiger partial charge is 0.347 e. The van der Waals surface area contributed by atoms with Gasteiger partial charge in [0.2, 0.25) is 0 Å². The Kier molecular flexibility index (Phi) is 11.7. The minimum Gasteiger partial charge on any atom is -0.497 e. The number of carbonyl (C=O) groups excluding carboxylic acids is 2. The van der Waals surface area contributed by atoms with Gasteiger partial charge in [0, 0.05) is 57.4 Å². The molecule has 47 heavy (non-hydrogen) atoms. The summed E-state index contributed by atoms with van der Waals surface area (Å²) < 4.78 is 50.3. The molecule has 5 rings (SSSR count). The van der Waals surface area contributed by atoms with E-state index in [1.165, 1.54) is 25.6 Å². The number of hydrogen-bond donors (Lipinski definition) is 4. The third kappa shape index (κ3) is 7.88. The maximum absolute atomic E-state index is 13.7. The summed E-state index contributed by atoms with van der Waals surface area (Å²) in [5, 5.41) is 12.2. The zero-order valence-electron chi connectivity index (χ0n) is 26.4. The normalized spacial score (nSPS) is 22.0. The second-order valence-corrected chi connectivity index (χ2v) is 14.6. The number of ether oxygens (including phenoxy) is 4. The predicted molar refractivity (Wildman–Crippen MR) is 175 cm³/mol. The van der Waals surface area contributed by atoms with Crippen molar-refractivity contribution in [3.05, 3.63) is 41.2 Å². The van der Waals surface area contributed by atoms with E-state index < -0.39 is 39.4 Å². The Bertz CT molecular complexity index is 1510. The van der Waals surface area contributed by atoms with Crippen LogP contribution >= 0.6 is 23.2 Å². The molecule has 0 spiro atoms. The van der Waals surface area contributed by atoms with E-state index in [9.17, 15) is 18.0 Å². The van der Waals surface area contributed by atoms with Gasteiger partial charge in [0.25, 0.3) is 15.9 Å². The Morgan fingerprint density at radius 3 is 2.04 bits per heavy atom. The number of esters is 1. The number of amides is 1. The molecular formula is C30H40Cl2N6O8S. The zero-order chi connectivity index (χ0) is 33.7. The number of pyridine rings is 1. The highest BCUT2D eigenvalue weighted by molar-refractivity contribution is 7.90. The Hall–Kier alpha value is -2.92. The quantitative estimate of drug-likeness (QED) is 0.173. The number of rotatable bonds is 13. The Labute approximate surface area is 284 Å². The van der Waals surface area contributed by atoms with Crippen LogP contribution in [0.3, 0.4) is 0 Å². The molecule has 4 unspecified atom stereocenters. The van der Waals surface area contributed by atoms with E-state index in [1.807, 2.05) is 13.8 Å². The van der Waals surface area contributed by atoms with E-state index in [2.05, 4.69) is 26.3 Å². The highest BCUT2D eigenvalue weighted by atomic mass is 35.5. The number of halogens is 2. The first-order valence-corrected chi connectivity index (χ1v) is 17.7. The van der Waals surface area contributed by atoms with Crippen LogP contribution in [0.4, 0.5) is 0 Å². The summed E-state index contributed by atoms with van der Waals surface area (Å²) in [5.74, 6) is -1.68. The molecule has 14 nitrogen and oxygen atoms in total. The van der Waals surface area contributed by atoms with Crippen molar-refractivity contribution in [3.63, 3.8) is 0 Å². The maximum atomic E-state index is 13.7. The van der Waals surface area contributed by atoms with Crippen LogP contribution in [0.25, 0.3) is 0 Å². The molecule has 1 aromatic carbocycles. The van der Waals surface area contributed by atoms with Gasteiger partial charge in [-0.1, -0.05) is 13.8 Å². The van der Waals surface area contributed by atoms with E-state index in [1.54, 1.807) is 6.07 Å². The van der Waals surface area contributed by atoms with E-state index >= 15 is 0 Å². The number of piperazine rings is 2. The topological polar surface area (TPSA) is 169 Å². The summed E-state index contributed by atoms with van der Waals surface area (Å²) in [6, 6.07) is 2.76. The third-order valence-corrected chi connectivity index (χ3v) is 10.8. The minimum absolute atomic E-state index is 0.0101. The standard InChI is InChI=1S/C30H40Cl2N6O8S/c1-17(2)19-8-18(43-3)9-26-27(19)29(39)38(47(26,41)42)16-46-30(40)28-24(44-14-20(31)22-10-33-4-6-36-22)12-35-13-25(28)45-15-21(32)23-11-34-5-7-37-23/h8-9,12-13,17,20-23,33-34,36-37H,4-7,10-11,14-16H2,1-3H3. The summed E-state index contributed by atoms with van der Waals surface area (Å²) >= 11 is 13.2. The fourth-order valence-electron chi connectivity index (χ4n) is 5.56. The second kappa shape index (κ2) is 15.5. The summed E-state index contributed by atoms with van der Waals surface area (Å²) in [4.78, 5) is 31.2. The highest BCUT2D eigenvalue weighted by Crippen LogP contribution is 2.39. The van der Waals surface area contributed by atoms with Crippen molar-refractivity contribution < 1.29 is 37.0 Å². The van der Waals surface area contributed by atoms with Crippen molar-refractivity contribution in [2.24, 2.45) is 0 Å². The molecule has 1 amide bonds. The number of nitrogens with zero attached hydrogens (tertiary/aromatic N) is 2. The molecule has 0 radical (unpaired) electrons. The van der Waals surface area contributed by atoms with Gasteiger partial charge in [-0.2, -0.15) is 4.31 Å². The molecule has 3 aliphatic heterocycles. The molecule has 17 heteroatoms. The van der Waals surface area contributed by atoms with Crippen LogP contribution < -0.4 is 35.5 Å². The Balaban J connectivity index is 1.37. The van der Waals surface area contributed by atoms with E-state index in [0.29, 0.717) is 23.0 Å². The van der Waals surface area contributed by atoms with E-state index in [4.69, 9.17) is 42.1 Å². The number of benzene rings is 1. The van der Waals surface area contributed by atoms with Crippen molar-refractivity contribution >= 4 is 45.1 Å². The maximum Gasteiger partial charge on any atom is 0.347 e. The molecule has 1 aromatic heterocycles. The van der Waals surface area contributed by atoms with Crippen LogP contribution in [-0.2, 0) is 14.8 Å². The highest BCUT2D eigenvalue weighted by Gasteiger charge is 2.44. The molecule has 0 aliphatic carbocycles. The number of fused-ring (bicyclic) bond motifs is 1. The summed E-state index contributed by atoms with van der Waals surface area (Å²) in [7, 11) is -2.95. The van der Waals surface area contributed by atoms with Crippen LogP contribution in [0.5, 0.6) is 17.2 Å². The number of nitrogens with one attached hydrogen (secondary N) is 4. The van der Waals surface area contributed by atoms with Crippen molar-refractivity contribution in [3.8, 4) is 17.2 Å². The van der Waals surface area contributed by atoms with Gasteiger partial charge in [-0.25, -0.2) is 13.2 Å². The van der Waals surface area contributed by atoms with Crippen LogP contribution in [0, 0.1) is 0 Å². The fourth-order valence-corrected chi connectivity index (χ4v) is 7.51. The number of aromatic nitrogens is 1. The average molecular weight is 716 g/mol. The number of carbonyl (C=O) groups is 2. The van der Waals surface area contributed by atoms with Gasteiger partial charge in [0.1, 0.15) is 29.4 Å². The predicted octanol–water partition coefficient (Wildman–Crippen LogP) is 1.27. The molecular weight excluding hydrogens is 675 g/mol. The van der Waals surface area contributed by atoms with Crippen LogP contribution in [-0.4, -0.2) is 119 Å². The first kappa shape index (κ1) is 35.4. The van der Waals surface area contributed by atoms with Crippen LogP contribution in [0.15, 0.2) is 29.4 Å². The number of sulfonamides is 1. The van der Waals surface area contributed by atoms with Gasteiger partial charge in [-0.15, -0.1) is 23.2 Å². The van der Waals surface area contributed by atoms with E-state index in [-0.39, 0.29) is 64.5 Å². The first-order chi connectivity index (χ1) is 22.5. The summed E-state index contributed by atoms with van der Waals surface area (Å²) in [6.45, 7) is 7.21. The van der Waals surface area contributed by atoms with Crippen LogP contribution in [0.2, 0.25) is 0 Å². The van der Waals surface area contributed by atoms with Gasteiger partial charge in [0.15, 0.2) is 18.2 Å². The third-order valence-electron chi connectivity index (χ3n) is 8.18. The largest absolute Gasteiger partial charge is 0.497 e. The van der Waals surface area contributed by atoms with Gasteiger partial charge < -0.3 is 40.2 Å². The average Bonchev–Trinajstić information content (AvgIpc) is 3.28. The lowest BCUT2D eigenvalue weighted by Gasteiger charge is -2.29. The molecule has 3 aliphatic rings. The van der Waals surface area contributed by atoms with Crippen molar-refractivity contribution in [2.75, 3.05) is 66.3 Å². The lowest BCUT2D eigenvalue weighted by atomic mass is 9.96. The Morgan fingerprint density at radius 1 is 0.979 bits per heavy atom. The first-order valence-electron chi connectivity index (χ1n) is 15.4. The molecule has 0 saturated carbocycles. The number of hydrogen-bond acceptors (Lipinski definition) is 13. The number of methoxy groups -OCH3 is 1. The lowest BCUT2D eigenvalue weighted by Crippen LogP contribution is -2.53. The Morgan fingerprint density at radius 2 is 1.55 bits per heavy atom. The summed E-state index contributed by atoms with van der Waals surface area (Å²) in [6.07, 6.45) is 2.64. The molecule has 2 aromatic rings. The summed E-state index contributed by atoms with van der Waals surface area (Å²) in [5.41, 5.74) is 0.369. The van der Waals surface area contributed by atoms with Crippen LogP contribution in [0.1, 0.15) is 46.0 Å². The minimum atomic E-state index is -4.36. The second-order valence-electron chi connectivity index (χ2n) is 11.7. The van der Waals surface area contributed by atoms with Gasteiger partial charge in [0.05, 0.1) is 35.8 Å². The monoisotopic (exact) mass is 714 g/mol. The van der Waals surface area contributed by atoms with Gasteiger partial charge in [-0.3, -0.25) is 9.78 Å². The molecule has 258 valence electrons. The van der Waals surface area contributed by atoms with Crippen molar-refractivity contribution in [1.29, 1.82) is 0 Å². The zero-order valence-corrected chi connectivity index (χ0v) is 28.7. The number of alkyl halides is 2. The van der Waals surface area contributed by atoms with E-state index in [0.717, 1.165) is 26.2 Å². The molecule has 2 saturated heterocycles. The van der Waals surface area contributed by atoms with Gasteiger partial charge in [-0.05, 0) is 17.5 Å². The molecule has 4 heterocycles. The SMILES string of the molecule is COc1cc(C(C)C)c2c(c1)S(=O)(=O)N(COC(=O)c1c(OCC(Cl)C3CNCCN3)cncc1OCC(Cl)C1CNCCN1)C2=O. The van der Waals surface area contributed by atoms with Crippen molar-refractivity contribution in [1.82, 2.24) is 30.6 Å². The molecule has 2 fully saturated rings. The lowest BCUT2D eigenvalue weighted by molar-refractivity contribution is 0.0349.